The number of benzene rings is 3. The number of rotatable bonds is 4. The van der Waals surface area contributed by atoms with Crippen molar-refractivity contribution in [2.24, 2.45) is 0 Å². The first-order chi connectivity index (χ1) is 10.7. The van der Waals surface area contributed by atoms with Gasteiger partial charge in [0.05, 0.1) is 0 Å². The fourth-order valence-corrected chi connectivity index (χ4v) is 5.21. The summed E-state index contributed by atoms with van der Waals surface area (Å²) >= 11 is 0. The highest BCUT2D eigenvalue weighted by Gasteiger charge is 2.32. The molecule has 0 saturated heterocycles. The molecule has 1 atom stereocenters. The molecule has 0 N–H and O–H groups in total. The van der Waals surface area contributed by atoms with Gasteiger partial charge in [-0.1, -0.05) is 84.9 Å². The minimum atomic E-state index is -2.10. The van der Waals surface area contributed by atoms with Gasteiger partial charge >= 0.3 is 0 Å². The molecule has 0 heterocycles. The molecule has 0 spiro atoms. The van der Waals surface area contributed by atoms with E-state index in [2.05, 4.69) is 79.3 Å². The molecule has 3 rings (SSSR count). The van der Waals surface area contributed by atoms with E-state index in [1.807, 2.05) is 19.2 Å². The molecule has 0 aliphatic rings. The minimum Gasteiger partial charge on any atom is -0.411 e. The molecule has 22 heavy (non-hydrogen) atoms. The van der Waals surface area contributed by atoms with Gasteiger partial charge in [0.1, 0.15) is 0 Å². The van der Waals surface area contributed by atoms with E-state index in [1.165, 1.54) is 21.5 Å². The SMILES string of the molecule is CO[Si](C)(c1ccccc1)c1ccc(-c2ccccc2)cc1. The Morgan fingerprint density at radius 2 is 1.05 bits per heavy atom. The lowest BCUT2D eigenvalue weighted by Gasteiger charge is -2.26. The van der Waals surface area contributed by atoms with Crippen molar-refractivity contribution in [2.45, 2.75) is 6.55 Å². The van der Waals surface area contributed by atoms with Crippen LogP contribution in [0.5, 0.6) is 0 Å². The summed E-state index contributed by atoms with van der Waals surface area (Å²) in [6, 6.07) is 29.8. The standard InChI is InChI=1S/C20H20OSi/c1-21-22(2,19-11-7-4-8-12-19)20-15-13-18(14-16-20)17-9-5-3-6-10-17/h3-16H,1-2H3. The lowest BCUT2D eigenvalue weighted by atomic mass is 10.1. The first-order valence-corrected chi connectivity index (χ1v) is 9.91. The third-order valence-corrected chi connectivity index (χ3v) is 7.96. The Kier molecular flexibility index (Phi) is 4.23. The lowest BCUT2D eigenvalue weighted by molar-refractivity contribution is 0.421. The van der Waals surface area contributed by atoms with E-state index in [4.69, 9.17) is 4.43 Å². The molecular weight excluding hydrogens is 284 g/mol. The van der Waals surface area contributed by atoms with Gasteiger partial charge in [-0.3, -0.25) is 0 Å². The molecule has 1 unspecified atom stereocenters. The van der Waals surface area contributed by atoms with Gasteiger partial charge in [0.15, 0.2) is 0 Å². The molecule has 0 fully saturated rings. The van der Waals surface area contributed by atoms with Crippen LogP contribution < -0.4 is 10.4 Å². The van der Waals surface area contributed by atoms with Crippen molar-refractivity contribution in [1.29, 1.82) is 0 Å². The molecule has 0 bridgehead atoms. The van der Waals surface area contributed by atoms with Gasteiger partial charge in [-0.05, 0) is 28.0 Å². The third kappa shape index (κ3) is 2.76. The molecule has 0 saturated carbocycles. The van der Waals surface area contributed by atoms with Crippen LogP contribution in [0.1, 0.15) is 0 Å². The van der Waals surface area contributed by atoms with E-state index < -0.39 is 8.32 Å². The van der Waals surface area contributed by atoms with Gasteiger partial charge in [-0.2, -0.15) is 0 Å². The zero-order chi connectivity index (χ0) is 15.4. The Balaban J connectivity index is 1.98. The minimum absolute atomic E-state index is 1.24. The van der Waals surface area contributed by atoms with Crippen molar-refractivity contribution < 1.29 is 4.43 Å². The average molecular weight is 304 g/mol. The summed E-state index contributed by atoms with van der Waals surface area (Å²) in [4.78, 5) is 0. The van der Waals surface area contributed by atoms with E-state index in [0.29, 0.717) is 0 Å². The van der Waals surface area contributed by atoms with Crippen molar-refractivity contribution in [1.82, 2.24) is 0 Å². The summed E-state index contributed by atoms with van der Waals surface area (Å²) < 4.78 is 5.99. The Bertz CT molecular complexity index is 723. The number of hydrogen-bond acceptors (Lipinski definition) is 1. The molecule has 3 aromatic rings. The van der Waals surface area contributed by atoms with E-state index in [1.54, 1.807) is 0 Å². The Labute approximate surface area is 133 Å². The fraction of sp³-hybridized carbons (Fsp3) is 0.100. The maximum Gasteiger partial charge on any atom is 0.252 e. The topological polar surface area (TPSA) is 9.23 Å². The second-order valence-corrected chi connectivity index (χ2v) is 9.18. The maximum atomic E-state index is 5.99. The molecule has 0 aromatic heterocycles. The smallest absolute Gasteiger partial charge is 0.252 e. The van der Waals surface area contributed by atoms with Crippen LogP contribution in [0.15, 0.2) is 84.9 Å². The molecule has 1 nitrogen and oxygen atoms in total. The van der Waals surface area contributed by atoms with Crippen molar-refractivity contribution >= 4 is 18.7 Å². The van der Waals surface area contributed by atoms with Gasteiger partial charge in [0, 0.05) is 7.11 Å². The number of hydrogen-bond donors (Lipinski definition) is 0. The summed E-state index contributed by atoms with van der Waals surface area (Å²) in [5.74, 6) is 0. The second kappa shape index (κ2) is 6.30. The fourth-order valence-electron chi connectivity index (χ4n) is 2.77. The van der Waals surface area contributed by atoms with Crippen LogP contribution in [-0.4, -0.2) is 15.4 Å². The normalized spacial score (nSPS) is 13.5. The maximum absolute atomic E-state index is 5.99. The molecule has 0 radical (unpaired) electrons. The third-order valence-electron chi connectivity index (χ3n) is 4.28. The van der Waals surface area contributed by atoms with Crippen molar-refractivity contribution in [3.8, 4) is 11.1 Å². The highest BCUT2D eigenvalue weighted by Crippen LogP contribution is 2.18. The summed E-state index contributed by atoms with van der Waals surface area (Å²) in [6.45, 7) is 2.25. The first-order valence-electron chi connectivity index (χ1n) is 7.51. The average Bonchev–Trinajstić information content (AvgIpc) is 2.63. The van der Waals surface area contributed by atoms with E-state index in [9.17, 15) is 0 Å². The van der Waals surface area contributed by atoms with Crippen LogP contribution in [0.3, 0.4) is 0 Å². The lowest BCUT2D eigenvalue weighted by Crippen LogP contribution is -2.57. The van der Waals surface area contributed by atoms with Gasteiger partial charge in [0.25, 0.3) is 8.32 Å². The molecule has 0 aliphatic carbocycles. The van der Waals surface area contributed by atoms with Crippen molar-refractivity contribution in [3.05, 3.63) is 84.9 Å². The highest BCUT2D eigenvalue weighted by atomic mass is 28.4. The van der Waals surface area contributed by atoms with Crippen LogP contribution in [0, 0.1) is 0 Å². The van der Waals surface area contributed by atoms with E-state index in [-0.39, 0.29) is 0 Å². The van der Waals surface area contributed by atoms with Gasteiger partial charge in [-0.25, -0.2) is 0 Å². The van der Waals surface area contributed by atoms with Gasteiger partial charge < -0.3 is 4.43 Å². The quantitative estimate of drug-likeness (QED) is 0.668. The summed E-state index contributed by atoms with van der Waals surface area (Å²) in [5.41, 5.74) is 2.49. The Morgan fingerprint density at radius 1 is 0.591 bits per heavy atom. The molecule has 2 heteroatoms. The zero-order valence-electron chi connectivity index (χ0n) is 13.0. The van der Waals surface area contributed by atoms with Crippen LogP contribution in [0.25, 0.3) is 11.1 Å². The molecule has 3 aromatic carbocycles. The van der Waals surface area contributed by atoms with Gasteiger partial charge in [-0.15, -0.1) is 0 Å². The Hall–Kier alpha value is -2.16. The predicted molar refractivity (Wildman–Crippen MR) is 96.2 cm³/mol. The largest absolute Gasteiger partial charge is 0.411 e. The molecule has 110 valence electrons. The van der Waals surface area contributed by atoms with E-state index in [0.717, 1.165) is 0 Å². The summed E-state index contributed by atoms with van der Waals surface area (Å²) in [6.07, 6.45) is 0. The zero-order valence-corrected chi connectivity index (χ0v) is 14.0. The first kappa shape index (κ1) is 14.8. The predicted octanol–water partition coefficient (Wildman–Crippen LogP) is 3.69. The molecule has 0 aliphatic heterocycles. The summed E-state index contributed by atoms with van der Waals surface area (Å²) in [5, 5.41) is 2.59. The Morgan fingerprint density at radius 3 is 1.59 bits per heavy atom. The van der Waals surface area contributed by atoms with Gasteiger partial charge in [0.2, 0.25) is 0 Å². The molecule has 0 amide bonds. The van der Waals surface area contributed by atoms with Crippen LogP contribution in [0.4, 0.5) is 0 Å². The van der Waals surface area contributed by atoms with E-state index >= 15 is 0 Å². The van der Waals surface area contributed by atoms with Crippen molar-refractivity contribution in [3.63, 3.8) is 0 Å². The molecular formula is C20H20OSi. The van der Waals surface area contributed by atoms with Crippen LogP contribution >= 0.6 is 0 Å². The van der Waals surface area contributed by atoms with Crippen LogP contribution in [0.2, 0.25) is 6.55 Å². The van der Waals surface area contributed by atoms with Crippen molar-refractivity contribution in [2.75, 3.05) is 7.11 Å². The highest BCUT2D eigenvalue weighted by molar-refractivity contribution is 6.96. The monoisotopic (exact) mass is 304 g/mol. The second-order valence-electron chi connectivity index (χ2n) is 5.55. The van der Waals surface area contributed by atoms with Crippen LogP contribution in [-0.2, 0) is 4.43 Å². The summed E-state index contributed by atoms with van der Waals surface area (Å²) in [7, 11) is -0.276.